The van der Waals surface area contributed by atoms with Gasteiger partial charge in [0, 0.05) is 12.1 Å². The van der Waals surface area contributed by atoms with Crippen LogP contribution in [0.4, 0.5) is 11.4 Å². The molecule has 0 saturated carbocycles. The van der Waals surface area contributed by atoms with Gasteiger partial charge in [0.25, 0.3) is 11.6 Å². The van der Waals surface area contributed by atoms with E-state index in [1.54, 1.807) is 24.3 Å². The molecule has 1 unspecified atom stereocenters. The van der Waals surface area contributed by atoms with Gasteiger partial charge in [-0.15, -0.1) is 0 Å². The summed E-state index contributed by atoms with van der Waals surface area (Å²) >= 11 is 0. The third-order valence-electron chi connectivity index (χ3n) is 4.28. The lowest BCUT2D eigenvalue weighted by Crippen LogP contribution is -2.48. The Morgan fingerprint density at radius 2 is 2.04 bits per heavy atom. The van der Waals surface area contributed by atoms with Crippen LogP contribution >= 0.6 is 0 Å². The average Bonchev–Trinajstić information content (AvgIpc) is 2.63. The minimum atomic E-state index is -0.682. The SMILES string of the molecule is CC(C)C1Oc2ccc([N+](=O)[O-])cc2N(Cc2ccccc2C#N)C1=O. The zero-order chi connectivity index (χ0) is 18.8. The highest BCUT2D eigenvalue weighted by molar-refractivity contribution is 6.00. The zero-order valence-electron chi connectivity index (χ0n) is 14.4. The molecule has 7 heteroatoms. The van der Waals surface area contributed by atoms with Crippen LogP contribution in [0.2, 0.25) is 0 Å². The van der Waals surface area contributed by atoms with E-state index in [2.05, 4.69) is 6.07 Å². The predicted molar refractivity (Wildman–Crippen MR) is 94.7 cm³/mol. The Labute approximate surface area is 150 Å². The molecule has 0 N–H and O–H groups in total. The first-order valence-electron chi connectivity index (χ1n) is 8.17. The van der Waals surface area contributed by atoms with E-state index in [1.807, 2.05) is 13.8 Å². The fraction of sp³-hybridized carbons (Fsp3) is 0.263. The van der Waals surface area contributed by atoms with Gasteiger partial charge in [0.1, 0.15) is 5.75 Å². The van der Waals surface area contributed by atoms with E-state index in [4.69, 9.17) is 4.74 Å². The number of rotatable bonds is 4. The van der Waals surface area contributed by atoms with Crippen molar-refractivity contribution < 1.29 is 14.5 Å². The normalized spacial score (nSPS) is 16.0. The van der Waals surface area contributed by atoms with Crippen LogP contribution in [-0.2, 0) is 11.3 Å². The molecule has 0 aliphatic carbocycles. The quantitative estimate of drug-likeness (QED) is 0.621. The zero-order valence-corrected chi connectivity index (χ0v) is 14.4. The Hall–Kier alpha value is -3.40. The number of nitriles is 1. The van der Waals surface area contributed by atoms with E-state index >= 15 is 0 Å². The fourth-order valence-electron chi connectivity index (χ4n) is 2.91. The second-order valence-electron chi connectivity index (χ2n) is 6.38. The number of benzene rings is 2. The summed E-state index contributed by atoms with van der Waals surface area (Å²) in [6, 6.07) is 13.3. The maximum Gasteiger partial charge on any atom is 0.271 e. The number of carbonyl (C=O) groups excluding carboxylic acids is 1. The number of nitrogens with zero attached hydrogens (tertiary/aromatic N) is 3. The van der Waals surface area contributed by atoms with Crippen LogP contribution in [0.5, 0.6) is 5.75 Å². The topological polar surface area (TPSA) is 96.5 Å². The van der Waals surface area contributed by atoms with E-state index < -0.39 is 11.0 Å². The van der Waals surface area contributed by atoms with E-state index in [-0.39, 0.29) is 24.1 Å². The van der Waals surface area contributed by atoms with Crippen LogP contribution in [0.25, 0.3) is 0 Å². The first kappa shape index (κ1) is 17.4. The number of amides is 1. The number of anilines is 1. The molecule has 0 spiro atoms. The van der Waals surface area contributed by atoms with Crippen molar-refractivity contribution in [1.29, 1.82) is 5.26 Å². The van der Waals surface area contributed by atoms with Gasteiger partial charge in [-0.3, -0.25) is 14.9 Å². The Bertz CT molecular complexity index is 917. The molecule has 7 nitrogen and oxygen atoms in total. The summed E-state index contributed by atoms with van der Waals surface area (Å²) in [4.78, 5) is 25.0. The van der Waals surface area contributed by atoms with Crippen molar-refractivity contribution in [3.63, 3.8) is 0 Å². The molecule has 0 aromatic heterocycles. The summed E-state index contributed by atoms with van der Waals surface area (Å²) in [5.74, 6) is 0.0728. The largest absolute Gasteiger partial charge is 0.478 e. The van der Waals surface area contributed by atoms with Crippen LogP contribution in [0.1, 0.15) is 25.0 Å². The fourth-order valence-corrected chi connectivity index (χ4v) is 2.91. The molecule has 0 fully saturated rings. The molecule has 1 atom stereocenters. The molecule has 1 heterocycles. The maximum atomic E-state index is 13.0. The predicted octanol–water partition coefficient (Wildman–Crippen LogP) is 3.42. The molecule has 132 valence electrons. The number of fused-ring (bicyclic) bond motifs is 1. The van der Waals surface area contributed by atoms with Gasteiger partial charge < -0.3 is 9.64 Å². The first-order chi connectivity index (χ1) is 12.4. The summed E-state index contributed by atoms with van der Waals surface area (Å²) in [7, 11) is 0. The lowest BCUT2D eigenvalue weighted by molar-refractivity contribution is -0.384. The van der Waals surface area contributed by atoms with Crippen molar-refractivity contribution in [1.82, 2.24) is 0 Å². The van der Waals surface area contributed by atoms with Crippen LogP contribution in [-0.4, -0.2) is 16.9 Å². The highest BCUT2D eigenvalue weighted by Gasteiger charge is 2.37. The Kier molecular flexibility index (Phi) is 4.59. The molecule has 1 aliphatic rings. The monoisotopic (exact) mass is 351 g/mol. The molecule has 3 rings (SSSR count). The lowest BCUT2D eigenvalue weighted by Gasteiger charge is -2.36. The summed E-state index contributed by atoms with van der Waals surface area (Å²) < 4.78 is 5.79. The number of carbonyl (C=O) groups is 1. The molecule has 0 saturated heterocycles. The standard InChI is InChI=1S/C19H17N3O4/c1-12(2)18-19(23)21(11-14-6-4-3-5-13(14)10-20)16-9-15(22(24)25)7-8-17(16)26-18/h3-9,12,18H,11H2,1-2H3. The van der Waals surface area contributed by atoms with E-state index in [9.17, 15) is 20.2 Å². The van der Waals surface area contributed by atoms with Crippen molar-refractivity contribution in [3.8, 4) is 11.8 Å². The van der Waals surface area contributed by atoms with Gasteiger partial charge in [-0.25, -0.2) is 0 Å². The Balaban J connectivity index is 2.09. The number of ether oxygens (including phenoxy) is 1. The first-order valence-corrected chi connectivity index (χ1v) is 8.17. The number of nitro benzene ring substituents is 1. The van der Waals surface area contributed by atoms with Crippen molar-refractivity contribution in [2.75, 3.05) is 4.90 Å². The van der Waals surface area contributed by atoms with Gasteiger partial charge in [0.15, 0.2) is 6.10 Å². The summed E-state index contributed by atoms with van der Waals surface area (Å²) in [6.45, 7) is 3.89. The van der Waals surface area contributed by atoms with Gasteiger partial charge >= 0.3 is 0 Å². The Morgan fingerprint density at radius 3 is 2.69 bits per heavy atom. The van der Waals surface area contributed by atoms with E-state index in [0.29, 0.717) is 22.6 Å². The number of hydrogen-bond donors (Lipinski definition) is 0. The van der Waals surface area contributed by atoms with Crippen molar-refractivity contribution >= 4 is 17.3 Å². The van der Waals surface area contributed by atoms with Crippen molar-refractivity contribution in [2.45, 2.75) is 26.5 Å². The molecule has 2 aromatic carbocycles. The van der Waals surface area contributed by atoms with Gasteiger partial charge in [-0.05, 0) is 23.6 Å². The molecule has 2 aromatic rings. The maximum absolute atomic E-state index is 13.0. The lowest BCUT2D eigenvalue weighted by atomic mass is 10.0. The smallest absolute Gasteiger partial charge is 0.271 e. The van der Waals surface area contributed by atoms with Gasteiger partial charge in [0.2, 0.25) is 0 Å². The van der Waals surface area contributed by atoms with E-state index in [1.165, 1.54) is 23.1 Å². The van der Waals surface area contributed by atoms with Crippen LogP contribution in [0.15, 0.2) is 42.5 Å². The van der Waals surface area contributed by atoms with Crippen LogP contribution in [0.3, 0.4) is 0 Å². The van der Waals surface area contributed by atoms with Gasteiger partial charge in [0.05, 0.1) is 28.8 Å². The highest BCUT2D eigenvalue weighted by atomic mass is 16.6. The van der Waals surface area contributed by atoms with Gasteiger partial charge in [-0.1, -0.05) is 32.0 Å². The Morgan fingerprint density at radius 1 is 1.31 bits per heavy atom. The molecule has 26 heavy (non-hydrogen) atoms. The minimum Gasteiger partial charge on any atom is -0.478 e. The van der Waals surface area contributed by atoms with E-state index in [0.717, 1.165) is 0 Å². The van der Waals surface area contributed by atoms with Crippen LogP contribution in [0, 0.1) is 27.4 Å². The average molecular weight is 351 g/mol. The molecular weight excluding hydrogens is 334 g/mol. The molecule has 1 amide bonds. The number of nitro groups is 1. The summed E-state index contributed by atoms with van der Waals surface area (Å²) in [5, 5.41) is 20.4. The number of non-ortho nitro benzene ring substituents is 1. The molecular formula is C19H17N3O4. The van der Waals surface area contributed by atoms with Crippen molar-refractivity contribution in [3.05, 3.63) is 63.7 Å². The summed E-state index contributed by atoms with van der Waals surface area (Å²) in [6.07, 6.45) is -0.682. The number of hydrogen-bond acceptors (Lipinski definition) is 5. The second kappa shape index (κ2) is 6.84. The third kappa shape index (κ3) is 3.09. The second-order valence-corrected chi connectivity index (χ2v) is 6.38. The third-order valence-corrected chi connectivity index (χ3v) is 4.28. The van der Waals surface area contributed by atoms with Gasteiger partial charge in [-0.2, -0.15) is 5.26 Å². The minimum absolute atomic E-state index is 0.0699. The van der Waals surface area contributed by atoms with Crippen molar-refractivity contribution in [2.24, 2.45) is 5.92 Å². The molecule has 0 radical (unpaired) electrons. The molecule has 1 aliphatic heterocycles. The summed E-state index contributed by atoms with van der Waals surface area (Å²) in [5.41, 5.74) is 1.35. The van der Waals surface area contributed by atoms with Crippen LogP contribution < -0.4 is 9.64 Å². The molecule has 0 bridgehead atoms. The highest BCUT2D eigenvalue weighted by Crippen LogP contribution is 2.39.